The van der Waals surface area contributed by atoms with Crippen molar-refractivity contribution in [3.8, 4) is 0 Å². The number of nitrogens with one attached hydrogen (secondary N) is 1. The molecule has 146 valence electrons. The largest absolute Gasteiger partial charge is 0.465 e. The molecule has 1 saturated heterocycles. The molecule has 1 unspecified atom stereocenters. The third-order valence-corrected chi connectivity index (χ3v) is 5.68. The van der Waals surface area contributed by atoms with E-state index in [1.165, 1.54) is 7.11 Å². The van der Waals surface area contributed by atoms with Gasteiger partial charge in [0.1, 0.15) is 0 Å². The van der Waals surface area contributed by atoms with Crippen LogP contribution in [0.4, 0.5) is 16.4 Å². The van der Waals surface area contributed by atoms with E-state index in [1.54, 1.807) is 24.3 Å². The predicted octanol–water partition coefficient (Wildman–Crippen LogP) is 2.36. The fourth-order valence-corrected chi connectivity index (χ4v) is 4.27. The number of rotatable bonds is 2. The van der Waals surface area contributed by atoms with E-state index >= 15 is 0 Å². The Morgan fingerprint density at radius 1 is 1.25 bits per heavy atom. The van der Waals surface area contributed by atoms with Gasteiger partial charge < -0.3 is 20.7 Å². The molecule has 4 rings (SSSR count). The van der Waals surface area contributed by atoms with Crippen LogP contribution in [0.3, 0.4) is 0 Å². The number of benzene rings is 1. The number of nitrogens with two attached hydrogens (primary N) is 1. The zero-order valence-electron chi connectivity index (χ0n) is 15.8. The van der Waals surface area contributed by atoms with E-state index in [9.17, 15) is 9.59 Å². The number of nitrogen functional groups attached to an aromatic ring is 1. The van der Waals surface area contributed by atoms with Crippen molar-refractivity contribution in [3.05, 3.63) is 47.3 Å². The Hall–Kier alpha value is -3.16. The molecular weight excluding hydrogens is 358 g/mol. The number of anilines is 2. The molecule has 0 radical (unpaired) electrons. The second-order valence-corrected chi connectivity index (χ2v) is 7.41. The van der Waals surface area contributed by atoms with Crippen LogP contribution < -0.4 is 11.1 Å². The maximum absolute atomic E-state index is 12.8. The summed E-state index contributed by atoms with van der Waals surface area (Å²) in [6, 6.07) is 6.50. The van der Waals surface area contributed by atoms with Crippen LogP contribution in [0.5, 0.6) is 0 Å². The fraction of sp³-hybridized carbons (Fsp3) is 0.400. The third kappa shape index (κ3) is 3.26. The Balaban J connectivity index is 1.48. The maximum Gasteiger partial charge on any atom is 0.337 e. The normalized spacial score (nSPS) is 20.7. The van der Waals surface area contributed by atoms with E-state index in [0.29, 0.717) is 24.3 Å². The SMILES string of the molecule is COC(=O)c1ccc(NC(=O)N2CCCC3(CCc4cnc(N)nc43)C2)cc1. The molecule has 0 bridgehead atoms. The number of aryl methyl sites for hydroxylation is 1. The summed E-state index contributed by atoms with van der Waals surface area (Å²) < 4.78 is 4.69. The monoisotopic (exact) mass is 381 g/mol. The Kier molecular flexibility index (Phi) is 4.62. The smallest absolute Gasteiger partial charge is 0.337 e. The van der Waals surface area contributed by atoms with Crippen molar-refractivity contribution in [1.29, 1.82) is 0 Å². The molecule has 1 atom stereocenters. The van der Waals surface area contributed by atoms with E-state index < -0.39 is 5.97 Å². The maximum atomic E-state index is 12.8. The molecule has 1 fully saturated rings. The summed E-state index contributed by atoms with van der Waals surface area (Å²) in [6.07, 6.45) is 5.60. The molecular formula is C20H23N5O3. The average Bonchev–Trinajstić information content (AvgIpc) is 3.05. The first-order valence-electron chi connectivity index (χ1n) is 9.37. The van der Waals surface area contributed by atoms with Crippen molar-refractivity contribution < 1.29 is 14.3 Å². The van der Waals surface area contributed by atoms with Crippen molar-refractivity contribution in [3.63, 3.8) is 0 Å². The highest BCUT2D eigenvalue weighted by Crippen LogP contribution is 2.44. The number of hydrogen-bond donors (Lipinski definition) is 2. The lowest BCUT2D eigenvalue weighted by Crippen LogP contribution is -2.49. The van der Waals surface area contributed by atoms with Gasteiger partial charge in [0.25, 0.3) is 0 Å². The van der Waals surface area contributed by atoms with Gasteiger partial charge in [-0.3, -0.25) is 0 Å². The highest BCUT2D eigenvalue weighted by atomic mass is 16.5. The Morgan fingerprint density at radius 3 is 2.79 bits per heavy atom. The number of urea groups is 1. The minimum absolute atomic E-state index is 0.142. The molecule has 2 aromatic rings. The summed E-state index contributed by atoms with van der Waals surface area (Å²) >= 11 is 0. The minimum atomic E-state index is -0.406. The van der Waals surface area contributed by atoms with Gasteiger partial charge in [-0.25, -0.2) is 19.6 Å². The highest BCUT2D eigenvalue weighted by molar-refractivity contribution is 5.92. The predicted molar refractivity (Wildman–Crippen MR) is 104 cm³/mol. The molecule has 1 aromatic heterocycles. The number of carbonyl (C=O) groups excluding carboxylic acids is 2. The van der Waals surface area contributed by atoms with E-state index in [-0.39, 0.29) is 17.4 Å². The second-order valence-electron chi connectivity index (χ2n) is 7.41. The molecule has 28 heavy (non-hydrogen) atoms. The number of piperidine rings is 1. The first kappa shape index (κ1) is 18.2. The van der Waals surface area contributed by atoms with Crippen molar-refractivity contribution in [1.82, 2.24) is 14.9 Å². The van der Waals surface area contributed by atoms with E-state index in [2.05, 4.69) is 20.0 Å². The number of amides is 2. The van der Waals surface area contributed by atoms with Gasteiger partial charge in [0, 0.05) is 30.4 Å². The van der Waals surface area contributed by atoms with Gasteiger partial charge >= 0.3 is 12.0 Å². The van der Waals surface area contributed by atoms with Crippen LogP contribution in [0.25, 0.3) is 0 Å². The van der Waals surface area contributed by atoms with Crippen LogP contribution >= 0.6 is 0 Å². The van der Waals surface area contributed by atoms with Gasteiger partial charge in [-0.1, -0.05) is 0 Å². The van der Waals surface area contributed by atoms with Crippen molar-refractivity contribution >= 4 is 23.6 Å². The molecule has 3 N–H and O–H groups in total. The van der Waals surface area contributed by atoms with E-state index in [1.807, 2.05) is 11.1 Å². The molecule has 1 aromatic carbocycles. The summed E-state index contributed by atoms with van der Waals surface area (Å²) in [5.41, 5.74) is 8.88. The Bertz CT molecular complexity index is 911. The fourth-order valence-electron chi connectivity index (χ4n) is 4.27. The average molecular weight is 381 g/mol. The van der Waals surface area contributed by atoms with Gasteiger partial charge in [-0.15, -0.1) is 0 Å². The Morgan fingerprint density at radius 2 is 2.04 bits per heavy atom. The number of methoxy groups -OCH3 is 1. The van der Waals surface area contributed by atoms with Crippen molar-refractivity contribution in [2.45, 2.75) is 31.1 Å². The van der Waals surface area contributed by atoms with Crippen molar-refractivity contribution in [2.75, 3.05) is 31.2 Å². The first-order chi connectivity index (χ1) is 13.5. The van der Waals surface area contributed by atoms with Gasteiger partial charge in [0.2, 0.25) is 5.95 Å². The lowest BCUT2D eigenvalue weighted by atomic mass is 9.77. The standard InChI is InChI=1S/C20H23N5O3/c1-28-17(26)13-3-5-15(6-4-13)23-19(27)25-10-2-8-20(12-25)9-7-14-11-22-18(21)24-16(14)20/h3-6,11H,2,7-10,12H2,1H3,(H,23,27)(H2,21,22,24). The third-order valence-electron chi connectivity index (χ3n) is 5.68. The summed E-state index contributed by atoms with van der Waals surface area (Å²) in [5.74, 6) is -0.121. The molecule has 2 heterocycles. The lowest BCUT2D eigenvalue weighted by Gasteiger charge is -2.40. The topological polar surface area (TPSA) is 110 Å². The molecule has 2 aliphatic rings. The molecule has 0 saturated carbocycles. The number of likely N-dealkylation sites (tertiary alicyclic amines) is 1. The number of esters is 1. The van der Waals surface area contributed by atoms with Gasteiger partial charge in [0.05, 0.1) is 18.4 Å². The summed E-state index contributed by atoms with van der Waals surface area (Å²) in [5, 5.41) is 2.91. The Labute approximate surface area is 163 Å². The van der Waals surface area contributed by atoms with Crippen LogP contribution in [-0.2, 0) is 16.6 Å². The van der Waals surface area contributed by atoms with Gasteiger partial charge in [-0.2, -0.15) is 0 Å². The van der Waals surface area contributed by atoms with E-state index in [0.717, 1.165) is 36.9 Å². The van der Waals surface area contributed by atoms with Crippen molar-refractivity contribution in [2.24, 2.45) is 0 Å². The molecule has 8 heteroatoms. The molecule has 2 amide bonds. The number of aromatic nitrogens is 2. The summed E-state index contributed by atoms with van der Waals surface area (Å²) in [6.45, 7) is 1.31. The number of nitrogens with zero attached hydrogens (tertiary/aromatic N) is 3. The van der Waals surface area contributed by atoms with E-state index in [4.69, 9.17) is 5.73 Å². The number of fused-ring (bicyclic) bond motifs is 2. The zero-order valence-corrected chi connectivity index (χ0v) is 15.8. The molecule has 1 aliphatic heterocycles. The van der Waals surface area contributed by atoms with Crippen LogP contribution in [-0.4, -0.2) is 47.1 Å². The quantitative estimate of drug-likeness (QED) is 0.773. The number of hydrogen-bond acceptors (Lipinski definition) is 6. The van der Waals surface area contributed by atoms with Crippen LogP contribution in [0.1, 0.15) is 40.9 Å². The first-order valence-corrected chi connectivity index (χ1v) is 9.37. The molecule has 1 spiro atoms. The zero-order chi connectivity index (χ0) is 19.7. The van der Waals surface area contributed by atoms with Crippen LogP contribution in [0.2, 0.25) is 0 Å². The van der Waals surface area contributed by atoms with Gasteiger partial charge in [-0.05, 0) is 55.5 Å². The second kappa shape index (κ2) is 7.10. The van der Waals surface area contributed by atoms with Crippen LogP contribution in [0, 0.1) is 0 Å². The highest BCUT2D eigenvalue weighted by Gasteiger charge is 2.44. The van der Waals surface area contributed by atoms with Crippen LogP contribution in [0.15, 0.2) is 30.5 Å². The summed E-state index contributed by atoms with van der Waals surface area (Å²) in [7, 11) is 1.34. The minimum Gasteiger partial charge on any atom is -0.465 e. The molecule has 8 nitrogen and oxygen atoms in total. The lowest BCUT2D eigenvalue weighted by molar-refractivity contribution is 0.0600. The molecule has 1 aliphatic carbocycles. The number of ether oxygens (including phenoxy) is 1. The summed E-state index contributed by atoms with van der Waals surface area (Å²) in [4.78, 5) is 34.8. The van der Waals surface area contributed by atoms with Gasteiger partial charge in [0.15, 0.2) is 0 Å². The number of carbonyl (C=O) groups is 2.